The Hall–Kier alpha value is -2.29. The van der Waals surface area contributed by atoms with Gasteiger partial charge >= 0.3 is 5.69 Å². The maximum absolute atomic E-state index is 11.6. The maximum Gasteiger partial charge on any atom is 0.349 e. The molecular weight excluding hydrogens is 280 g/mol. The summed E-state index contributed by atoms with van der Waals surface area (Å²) in [5.41, 5.74) is 5.80. The first-order chi connectivity index (χ1) is 10.3. The quantitative estimate of drug-likeness (QED) is 0.803. The zero-order chi connectivity index (χ0) is 16.7. The molecule has 0 radical (unpaired) electrons. The van der Waals surface area contributed by atoms with Crippen LogP contribution in [0.2, 0.25) is 0 Å². The van der Waals surface area contributed by atoms with Crippen molar-refractivity contribution in [2.45, 2.75) is 46.6 Å². The van der Waals surface area contributed by atoms with Crippen LogP contribution in [0.4, 0.5) is 5.82 Å². The summed E-state index contributed by atoms with van der Waals surface area (Å²) in [6, 6.07) is -0.0168. The summed E-state index contributed by atoms with van der Waals surface area (Å²) in [5, 5.41) is 2.73. The van der Waals surface area contributed by atoms with Crippen molar-refractivity contribution in [3.8, 4) is 11.8 Å². The molecule has 0 spiro atoms. The molecule has 0 aliphatic heterocycles. The molecule has 0 aliphatic carbocycles. The first-order valence-corrected chi connectivity index (χ1v) is 7.45. The molecule has 1 aromatic heterocycles. The molecule has 0 saturated heterocycles. The van der Waals surface area contributed by atoms with E-state index >= 15 is 0 Å². The zero-order valence-corrected chi connectivity index (χ0v) is 13.6. The van der Waals surface area contributed by atoms with Gasteiger partial charge in [0.05, 0.1) is 12.1 Å². The average molecular weight is 304 g/mol. The van der Waals surface area contributed by atoms with Gasteiger partial charge in [-0.15, -0.1) is 0 Å². The number of amides is 1. The number of carbonyl (C=O) groups is 1. The average Bonchev–Trinajstić information content (AvgIpc) is 2.42. The summed E-state index contributed by atoms with van der Waals surface area (Å²) in [6.45, 7) is 8.16. The summed E-state index contributed by atoms with van der Waals surface area (Å²) >= 11 is 0. The second kappa shape index (κ2) is 8.23. The molecule has 1 amide bonds. The number of carbonyl (C=O) groups excluding carboxylic acids is 1. The highest BCUT2D eigenvalue weighted by Gasteiger charge is 2.06. The molecule has 0 aromatic carbocycles. The van der Waals surface area contributed by atoms with E-state index in [4.69, 9.17) is 5.73 Å². The van der Waals surface area contributed by atoms with Gasteiger partial charge in [-0.1, -0.05) is 25.7 Å². The molecule has 0 fully saturated rings. The van der Waals surface area contributed by atoms with Crippen LogP contribution in [0.25, 0.3) is 0 Å². The van der Waals surface area contributed by atoms with Crippen LogP contribution in [-0.4, -0.2) is 22.0 Å². The normalized spacial score (nSPS) is 10.5. The minimum atomic E-state index is -0.389. The molecule has 0 bridgehead atoms. The van der Waals surface area contributed by atoms with Crippen molar-refractivity contribution in [3.63, 3.8) is 0 Å². The largest absolute Gasteiger partial charge is 0.382 e. The van der Waals surface area contributed by atoms with E-state index in [1.54, 1.807) is 6.20 Å². The number of rotatable bonds is 5. The second-order valence-corrected chi connectivity index (χ2v) is 5.83. The third-order valence-electron chi connectivity index (χ3n) is 3.08. The van der Waals surface area contributed by atoms with Crippen LogP contribution in [0, 0.1) is 17.8 Å². The minimum absolute atomic E-state index is 0.0127. The number of aromatic nitrogens is 2. The highest BCUT2D eigenvalue weighted by molar-refractivity contribution is 5.76. The van der Waals surface area contributed by atoms with Crippen LogP contribution in [0.15, 0.2) is 11.0 Å². The predicted molar refractivity (Wildman–Crippen MR) is 87.3 cm³/mol. The van der Waals surface area contributed by atoms with Crippen LogP contribution in [-0.2, 0) is 4.79 Å². The van der Waals surface area contributed by atoms with Crippen LogP contribution in [0.5, 0.6) is 0 Å². The molecule has 6 nitrogen and oxygen atoms in total. The number of hydrogen-bond donors (Lipinski definition) is 2. The number of nitrogens with zero attached hydrogens (tertiary/aromatic N) is 2. The smallest absolute Gasteiger partial charge is 0.349 e. The fourth-order valence-electron chi connectivity index (χ4n) is 1.74. The van der Waals surface area contributed by atoms with Gasteiger partial charge in [-0.3, -0.25) is 9.36 Å². The Labute approximate surface area is 131 Å². The summed E-state index contributed by atoms with van der Waals surface area (Å²) < 4.78 is 1.47. The van der Waals surface area contributed by atoms with Crippen molar-refractivity contribution in [1.82, 2.24) is 14.9 Å². The van der Waals surface area contributed by atoms with E-state index in [0.29, 0.717) is 17.9 Å². The van der Waals surface area contributed by atoms with Gasteiger partial charge in [0.15, 0.2) is 0 Å². The van der Waals surface area contributed by atoms with Crippen molar-refractivity contribution in [1.29, 1.82) is 0 Å². The topological polar surface area (TPSA) is 90.0 Å². The van der Waals surface area contributed by atoms with E-state index in [-0.39, 0.29) is 30.0 Å². The Bertz CT molecular complexity index is 636. The van der Waals surface area contributed by atoms with Gasteiger partial charge in [0.2, 0.25) is 5.91 Å². The van der Waals surface area contributed by atoms with Crippen molar-refractivity contribution in [2.75, 3.05) is 12.3 Å². The molecular formula is C16H24N4O2. The van der Waals surface area contributed by atoms with Crippen LogP contribution >= 0.6 is 0 Å². The maximum atomic E-state index is 11.6. The fourth-order valence-corrected chi connectivity index (χ4v) is 1.74. The zero-order valence-electron chi connectivity index (χ0n) is 13.6. The number of anilines is 1. The highest BCUT2D eigenvalue weighted by Crippen LogP contribution is 2.06. The Morgan fingerprint density at radius 2 is 2.09 bits per heavy atom. The van der Waals surface area contributed by atoms with Crippen molar-refractivity contribution >= 4 is 11.7 Å². The monoisotopic (exact) mass is 304 g/mol. The Morgan fingerprint density at radius 3 is 2.68 bits per heavy atom. The van der Waals surface area contributed by atoms with E-state index in [9.17, 15) is 9.59 Å². The Morgan fingerprint density at radius 1 is 1.41 bits per heavy atom. The van der Waals surface area contributed by atoms with Crippen LogP contribution in [0.1, 0.15) is 52.1 Å². The number of nitrogens with one attached hydrogen (secondary N) is 1. The fraction of sp³-hybridized carbons (Fsp3) is 0.562. The van der Waals surface area contributed by atoms with Gasteiger partial charge < -0.3 is 11.1 Å². The number of hydrogen-bond acceptors (Lipinski definition) is 4. The number of nitrogens with two attached hydrogens (primary N) is 1. The minimum Gasteiger partial charge on any atom is -0.382 e. The molecule has 0 unspecified atom stereocenters. The molecule has 1 aromatic rings. The van der Waals surface area contributed by atoms with Gasteiger partial charge in [0.25, 0.3) is 0 Å². The summed E-state index contributed by atoms with van der Waals surface area (Å²) in [4.78, 5) is 27.0. The molecule has 0 atom stereocenters. The lowest BCUT2D eigenvalue weighted by Crippen LogP contribution is -2.26. The molecule has 0 aliphatic rings. The van der Waals surface area contributed by atoms with Gasteiger partial charge in [-0.25, -0.2) is 4.79 Å². The van der Waals surface area contributed by atoms with E-state index < -0.39 is 0 Å². The third kappa shape index (κ3) is 5.60. The second-order valence-electron chi connectivity index (χ2n) is 5.83. The summed E-state index contributed by atoms with van der Waals surface area (Å²) in [6.07, 6.45) is 2.96. The van der Waals surface area contributed by atoms with Gasteiger partial charge in [-0.2, -0.15) is 4.98 Å². The highest BCUT2D eigenvalue weighted by atomic mass is 16.2. The van der Waals surface area contributed by atoms with Crippen molar-refractivity contribution in [2.24, 2.45) is 5.92 Å². The third-order valence-corrected chi connectivity index (χ3v) is 3.08. The molecule has 3 N–H and O–H groups in total. The van der Waals surface area contributed by atoms with Gasteiger partial charge in [0.1, 0.15) is 5.82 Å². The first-order valence-electron chi connectivity index (χ1n) is 7.45. The lowest BCUT2D eigenvalue weighted by Gasteiger charge is -2.09. The number of nitrogen functional groups attached to an aromatic ring is 1. The SMILES string of the molecule is CC(C)CCC(=O)NCC#Cc1cn(C(C)C)c(=O)nc1N. The lowest BCUT2D eigenvalue weighted by molar-refractivity contribution is -0.121. The first kappa shape index (κ1) is 17.8. The lowest BCUT2D eigenvalue weighted by atomic mass is 10.1. The molecule has 1 heterocycles. The summed E-state index contributed by atoms with van der Waals surface area (Å²) in [5.74, 6) is 6.27. The van der Waals surface area contributed by atoms with Crippen LogP contribution in [0.3, 0.4) is 0 Å². The van der Waals surface area contributed by atoms with Crippen molar-refractivity contribution in [3.05, 3.63) is 22.2 Å². The predicted octanol–water partition coefficient (Wildman–Crippen LogP) is 1.31. The molecule has 22 heavy (non-hydrogen) atoms. The van der Waals surface area contributed by atoms with Crippen molar-refractivity contribution < 1.29 is 4.79 Å². The molecule has 0 saturated carbocycles. The molecule has 1 rings (SSSR count). The van der Waals surface area contributed by atoms with E-state index in [2.05, 4.69) is 36.0 Å². The van der Waals surface area contributed by atoms with Gasteiger partial charge in [-0.05, 0) is 26.2 Å². The molecule has 120 valence electrons. The Balaban J connectivity index is 2.67. The van der Waals surface area contributed by atoms with Crippen LogP contribution < -0.4 is 16.7 Å². The molecule has 6 heteroatoms. The standard InChI is InChI=1S/C16H24N4O2/c1-11(2)7-8-14(21)18-9-5-6-13-10-20(12(3)4)16(22)19-15(13)17/h10-12H,7-9H2,1-4H3,(H,18,21)(H2,17,19,22). The van der Waals surface area contributed by atoms with E-state index in [0.717, 1.165) is 6.42 Å². The van der Waals surface area contributed by atoms with E-state index in [1.807, 2.05) is 13.8 Å². The van der Waals surface area contributed by atoms with Gasteiger partial charge in [0, 0.05) is 18.7 Å². The Kier molecular flexibility index (Phi) is 6.64. The van der Waals surface area contributed by atoms with E-state index in [1.165, 1.54) is 4.57 Å². The summed E-state index contributed by atoms with van der Waals surface area (Å²) in [7, 11) is 0.